The van der Waals surface area contributed by atoms with Gasteiger partial charge in [-0.3, -0.25) is 0 Å². The second kappa shape index (κ2) is 11.8. The molecule has 0 amide bonds. The van der Waals surface area contributed by atoms with Crippen molar-refractivity contribution in [2.75, 3.05) is 0 Å². The molecule has 0 radical (unpaired) electrons. The topological polar surface area (TPSA) is 0 Å². The van der Waals surface area contributed by atoms with E-state index >= 15 is 0 Å². The van der Waals surface area contributed by atoms with Crippen LogP contribution >= 0.6 is 0 Å². The van der Waals surface area contributed by atoms with Gasteiger partial charge in [0.25, 0.3) is 0 Å². The SMILES string of the molecule is CCCCc1ccc(C(CC2CC=CCC2)C2CCC(CCCC)CC2)cc1. The van der Waals surface area contributed by atoms with Gasteiger partial charge >= 0.3 is 0 Å². The zero-order valence-corrected chi connectivity index (χ0v) is 18.7. The van der Waals surface area contributed by atoms with Crippen LogP contribution in [0.4, 0.5) is 0 Å². The van der Waals surface area contributed by atoms with E-state index in [1.165, 1.54) is 95.5 Å². The summed E-state index contributed by atoms with van der Waals surface area (Å²) in [5.41, 5.74) is 3.18. The fraction of sp³-hybridized carbons (Fsp3) is 0.714. The summed E-state index contributed by atoms with van der Waals surface area (Å²) in [5, 5.41) is 0. The molecule has 2 aliphatic carbocycles. The first kappa shape index (κ1) is 21.7. The second-order valence-electron chi connectivity index (χ2n) is 9.76. The first-order valence-corrected chi connectivity index (χ1v) is 12.5. The highest BCUT2D eigenvalue weighted by Crippen LogP contribution is 2.44. The summed E-state index contributed by atoms with van der Waals surface area (Å²) in [4.78, 5) is 0. The zero-order chi connectivity index (χ0) is 19.6. The van der Waals surface area contributed by atoms with Gasteiger partial charge in [0.2, 0.25) is 0 Å². The van der Waals surface area contributed by atoms with E-state index in [1.54, 1.807) is 5.56 Å². The third kappa shape index (κ3) is 6.50. The summed E-state index contributed by atoms with van der Waals surface area (Å²) in [5.74, 6) is 3.65. The number of benzene rings is 1. The van der Waals surface area contributed by atoms with Crippen LogP contribution in [0, 0.1) is 17.8 Å². The van der Waals surface area contributed by atoms with Crippen LogP contribution in [-0.4, -0.2) is 0 Å². The van der Waals surface area contributed by atoms with Crippen molar-refractivity contribution in [3.05, 3.63) is 47.5 Å². The average Bonchev–Trinajstić information content (AvgIpc) is 2.76. The maximum absolute atomic E-state index is 2.50. The molecule has 2 aliphatic rings. The van der Waals surface area contributed by atoms with Crippen molar-refractivity contribution in [2.24, 2.45) is 17.8 Å². The van der Waals surface area contributed by atoms with Gasteiger partial charge in [-0.2, -0.15) is 0 Å². The lowest BCUT2D eigenvalue weighted by atomic mass is 9.69. The average molecular weight is 381 g/mol. The van der Waals surface area contributed by atoms with Gasteiger partial charge in [-0.1, -0.05) is 88.8 Å². The molecule has 0 aliphatic heterocycles. The second-order valence-corrected chi connectivity index (χ2v) is 9.76. The van der Waals surface area contributed by atoms with Crippen LogP contribution in [0.2, 0.25) is 0 Å². The third-order valence-corrected chi connectivity index (χ3v) is 7.62. The minimum Gasteiger partial charge on any atom is -0.0885 e. The molecule has 0 heterocycles. The van der Waals surface area contributed by atoms with Crippen molar-refractivity contribution in [2.45, 2.75) is 110 Å². The molecular formula is C28H44. The van der Waals surface area contributed by atoms with Gasteiger partial charge in [-0.25, -0.2) is 0 Å². The number of rotatable bonds is 10. The minimum absolute atomic E-state index is 0.795. The number of hydrogen-bond acceptors (Lipinski definition) is 0. The molecule has 0 nitrogen and oxygen atoms in total. The molecule has 0 saturated heterocycles. The van der Waals surface area contributed by atoms with Crippen molar-refractivity contribution in [1.29, 1.82) is 0 Å². The number of aryl methyl sites for hydroxylation is 1. The Morgan fingerprint density at radius 1 is 0.821 bits per heavy atom. The fourth-order valence-corrected chi connectivity index (χ4v) is 5.71. The molecule has 1 aromatic rings. The Kier molecular flexibility index (Phi) is 9.16. The monoisotopic (exact) mass is 380 g/mol. The molecule has 2 unspecified atom stereocenters. The summed E-state index contributed by atoms with van der Waals surface area (Å²) in [6.07, 6.45) is 24.3. The van der Waals surface area contributed by atoms with Crippen LogP contribution in [0.3, 0.4) is 0 Å². The Morgan fingerprint density at radius 3 is 2.21 bits per heavy atom. The maximum atomic E-state index is 2.50. The highest BCUT2D eigenvalue weighted by molar-refractivity contribution is 5.26. The van der Waals surface area contributed by atoms with Crippen molar-refractivity contribution >= 4 is 0 Å². The molecule has 3 rings (SSSR count). The first-order valence-electron chi connectivity index (χ1n) is 12.5. The van der Waals surface area contributed by atoms with E-state index in [-0.39, 0.29) is 0 Å². The first-order chi connectivity index (χ1) is 13.8. The van der Waals surface area contributed by atoms with E-state index in [0.717, 1.165) is 23.7 Å². The molecule has 156 valence electrons. The van der Waals surface area contributed by atoms with Crippen LogP contribution in [-0.2, 0) is 6.42 Å². The van der Waals surface area contributed by atoms with Crippen LogP contribution < -0.4 is 0 Å². The highest BCUT2D eigenvalue weighted by Gasteiger charge is 2.30. The normalized spacial score (nSPS) is 26.3. The smallest absolute Gasteiger partial charge is 0.0131 e. The lowest BCUT2D eigenvalue weighted by molar-refractivity contribution is 0.210. The summed E-state index contributed by atoms with van der Waals surface area (Å²) in [7, 11) is 0. The Hall–Kier alpha value is -1.04. The van der Waals surface area contributed by atoms with Crippen LogP contribution in [0.15, 0.2) is 36.4 Å². The number of hydrogen-bond donors (Lipinski definition) is 0. The van der Waals surface area contributed by atoms with Gasteiger partial charge in [0.15, 0.2) is 0 Å². The van der Waals surface area contributed by atoms with Crippen LogP contribution in [0.5, 0.6) is 0 Å². The van der Waals surface area contributed by atoms with Gasteiger partial charge in [0.05, 0.1) is 0 Å². The van der Waals surface area contributed by atoms with E-state index in [1.807, 2.05) is 0 Å². The molecule has 1 saturated carbocycles. The van der Waals surface area contributed by atoms with E-state index in [0.29, 0.717) is 0 Å². The maximum Gasteiger partial charge on any atom is -0.0131 e. The summed E-state index contributed by atoms with van der Waals surface area (Å²) in [6.45, 7) is 4.63. The predicted octanol–water partition coefficient (Wildman–Crippen LogP) is 8.86. The molecule has 1 fully saturated rings. The van der Waals surface area contributed by atoms with Crippen molar-refractivity contribution < 1.29 is 0 Å². The predicted molar refractivity (Wildman–Crippen MR) is 124 cm³/mol. The molecule has 0 heteroatoms. The fourth-order valence-electron chi connectivity index (χ4n) is 5.71. The lowest BCUT2D eigenvalue weighted by Gasteiger charge is -2.36. The zero-order valence-electron chi connectivity index (χ0n) is 18.7. The van der Waals surface area contributed by atoms with Crippen molar-refractivity contribution in [3.63, 3.8) is 0 Å². The largest absolute Gasteiger partial charge is 0.0885 e. The number of unbranched alkanes of at least 4 members (excludes halogenated alkanes) is 2. The highest BCUT2D eigenvalue weighted by atomic mass is 14.3. The Labute approximate surface area is 175 Å². The van der Waals surface area contributed by atoms with Crippen molar-refractivity contribution in [3.8, 4) is 0 Å². The summed E-state index contributed by atoms with van der Waals surface area (Å²) >= 11 is 0. The molecule has 0 spiro atoms. The van der Waals surface area contributed by atoms with Gasteiger partial charge < -0.3 is 0 Å². The van der Waals surface area contributed by atoms with E-state index in [2.05, 4.69) is 50.3 Å². The molecule has 1 aromatic carbocycles. The Morgan fingerprint density at radius 2 is 1.57 bits per heavy atom. The summed E-state index contributed by atoms with van der Waals surface area (Å²) in [6, 6.07) is 9.87. The van der Waals surface area contributed by atoms with E-state index in [4.69, 9.17) is 0 Å². The molecule has 2 atom stereocenters. The van der Waals surface area contributed by atoms with E-state index < -0.39 is 0 Å². The van der Waals surface area contributed by atoms with Crippen LogP contribution in [0.25, 0.3) is 0 Å². The van der Waals surface area contributed by atoms with Gasteiger partial charge in [0, 0.05) is 0 Å². The molecule has 0 bridgehead atoms. The lowest BCUT2D eigenvalue weighted by Crippen LogP contribution is -2.23. The summed E-state index contributed by atoms with van der Waals surface area (Å²) < 4.78 is 0. The Bertz CT molecular complexity index is 558. The van der Waals surface area contributed by atoms with E-state index in [9.17, 15) is 0 Å². The van der Waals surface area contributed by atoms with Gasteiger partial charge in [-0.15, -0.1) is 0 Å². The molecule has 28 heavy (non-hydrogen) atoms. The number of allylic oxidation sites excluding steroid dienone is 2. The molecule has 0 aromatic heterocycles. The van der Waals surface area contributed by atoms with Gasteiger partial charge in [0.1, 0.15) is 0 Å². The van der Waals surface area contributed by atoms with Crippen molar-refractivity contribution in [1.82, 2.24) is 0 Å². The Balaban J connectivity index is 1.65. The third-order valence-electron chi connectivity index (χ3n) is 7.62. The molecular weight excluding hydrogens is 336 g/mol. The quantitative estimate of drug-likeness (QED) is 0.355. The molecule has 0 N–H and O–H groups in total. The van der Waals surface area contributed by atoms with Crippen LogP contribution in [0.1, 0.15) is 114 Å². The standard InChI is InChI=1S/C28H44/c1-3-5-10-23-14-18-26(19-15-23)28(22-25-12-8-7-9-13-25)27-20-16-24(17-21-27)11-6-4-2/h7-8,14-15,18-19,24-25,27-28H,3-6,9-13,16-17,20-22H2,1-2H3. The van der Waals surface area contributed by atoms with Gasteiger partial charge in [-0.05, 0) is 86.2 Å². The minimum atomic E-state index is 0.795.